The van der Waals surface area contributed by atoms with Gasteiger partial charge in [-0.3, -0.25) is 0 Å². The second-order valence-electron chi connectivity index (χ2n) is 2.31. The van der Waals surface area contributed by atoms with Crippen LogP contribution in [0.5, 0.6) is 0 Å². The molecule has 0 aliphatic rings. The Kier molecular flexibility index (Phi) is 3.49. The number of rotatable bonds is 2. The molecule has 0 N–H and O–H groups in total. The third-order valence-corrected chi connectivity index (χ3v) is 0.761. The maximum absolute atomic E-state index is 12.0. The molecular weight excluding hydrogens is 103 g/mol. The van der Waals surface area contributed by atoms with E-state index in [0.29, 0.717) is 5.92 Å². The predicted molar refractivity (Wildman–Crippen MR) is 34.5 cm³/mol. The van der Waals surface area contributed by atoms with Gasteiger partial charge in [-0.05, 0) is 12.8 Å². The van der Waals surface area contributed by atoms with Gasteiger partial charge >= 0.3 is 0 Å². The highest BCUT2D eigenvalue weighted by Gasteiger charge is 1.88. The Labute approximate surface area is 50.4 Å². The normalized spacial score (nSPS) is 15.6. The van der Waals surface area contributed by atoms with Crippen LogP contribution in [-0.2, 0) is 0 Å². The minimum Gasteiger partial charge on any atom is -0.243 e. The molecule has 48 valence electrons. The van der Waals surface area contributed by atoms with E-state index in [2.05, 4.69) is 0 Å². The lowest BCUT2D eigenvalue weighted by Gasteiger charge is -1.93. The Bertz CT molecular complexity index is 62.5. The van der Waals surface area contributed by atoms with Gasteiger partial charge in [0.25, 0.3) is 0 Å². The summed E-state index contributed by atoms with van der Waals surface area (Å²) in [4.78, 5) is 0. The fourth-order valence-electron chi connectivity index (χ4n) is 0.375. The van der Waals surface area contributed by atoms with Gasteiger partial charge < -0.3 is 0 Å². The van der Waals surface area contributed by atoms with Crippen molar-refractivity contribution in [1.29, 1.82) is 0 Å². The molecule has 0 spiro atoms. The smallest absolute Gasteiger partial charge is 0.115 e. The summed E-state index contributed by atoms with van der Waals surface area (Å²) in [5, 5.41) is 0. The van der Waals surface area contributed by atoms with Crippen LogP contribution in [0.1, 0.15) is 20.8 Å². The van der Waals surface area contributed by atoms with E-state index in [0.717, 1.165) is 0 Å². The zero-order chi connectivity index (χ0) is 6.57. The number of hydrogen-bond donors (Lipinski definition) is 0. The molecule has 0 amide bonds. The summed E-state index contributed by atoms with van der Waals surface area (Å²) >= 11 is 0. The van der Waals surface area contributed by atoms with Gasteiger partial charge in [-0.15, -0.1) is 0 Å². The molecule has 1 unspecified atom stereocenters. The topological polar surface area (TPSA) is 0 Å². The Balaban J connectivity index is 3.34. The first-order valence-electron chi connectivity index (χ1n) is 2.95. The van der Waals surface area contributed by atoms with E-state index in [4.69, 9.17) is 0 Å². The average molecular weight is 116 g/mol. The molecule has 1 heteroatoms. The average Bonchev–Trinajstić information content (AvgIpc) is 1.61. The van der Waals surface area contributed by atoms with Crippen molar-refractivity contribution in [3.63, 3.8) is 0 Å². The Morgan fingerprint density at radius 1 is 1.12 bits per heavy atom. The molecule has 0 aromatic heterocycles. The monoisotopic (exact) mass is 116 g/mol. The minimum absolute atomic E-state index is 0.466. The largest absolute Gasteiger partial charge is 0.243 e. The predicted octanol–water partition coefficient (Wildman–Crippen LogP) is 2.56. The van der Waals surface area contributed by atoms with Crippen LogP contribution < -0.4 is 0 Å². The lowest BCUT2D eigenvalue weighted by Crippen LogP contribution is -1.85. The molecule has 0 fully saturated rings. The Morgan fingerprint density at radius 3 is 1.75 bits per heavy atom. The maximum Gasteiger partial charge on any atom is 0.115 e. The van der Waals surface area contributed by atoms with Crippen LogP contribution in [0.25, 0.3) is 0 Å². The van der Waals surface area contributed by atoms with Crippen molar-refractivity contribution in [2.75, 3.05) is 0 Å². The van der Waals surface area contributed by atoms with E-state index < -0.39 is 6.17 Å². The highest BCUT2D eigenvalue weighted by Crippen LogP contribution is 1.97. The standard InChI is InChI=1S/C7H13F/c1-6(2)4-5-7(3)8/h4-7H,1-3H3/b5-4+. The van der Waals surface area contributed by atoms with E-state index in [1.807, 2.05) is 19.9 Å². The van der Waals surface area contributed by atoms with Gasteiger partial charge in [0.15, 0.2) is 0 Å². The van der Waals surface area contributed by atoms with Gasteiger partial charge in [0, 0.05) is 0 Å². The molecule has 0 bridgehead atoms. The van der Waals surface area contributed by atoms with Crippen LogP contribution >= 0.6 is 0 Å². The van der Waals surface area contributed by atoms with Gasteiger partial charge in [0.05, 0.1) is 0 Å². The lowest BCUT2D eigenvalue weighted by atomic mass is 10.2. The third-order valence-electron chi connectivity index (χ3n) is 0.761. The van der Waals surface area contributed by atoms with Crippen molar-refractivity contribution in [3.8, 4) is 0 Å². The number of alkyl halides is 1. The quantitative estimate of drug-likeness (QED) is 0.486. The minimum atomic E-state index is -0.794. The molecule has 0 aliphatic heterocycles. The molecular formula is C7H13F. The second-order valence-corrected chi connectivity index (χ2v) is 2.31. The van der Waals surface area contributed by atoms with E-state index in [9.17, 15) is 4.39 Å². The first-order chi connectivity index (χ1) is 3.63. The van der Waals surface area contributed by atoms with Gasteiger partial charge in [0.2, 0.25) is 0 Å². The molecule has 0 nitrogen and oxygen atoms in total. The molecule has 0 radical (unpaired) electrons. The molecule has 0 rings (SSSR count). The molecule has 0 aliphatic carbocycles. The van der Waals surface area contributed by atoms with E-state index in [-0.39, 0.29) is 0 Å². The lowest BCUT2D eigenvalue weighted by molar-refractivity contribution is 0.429. The zero-order valence-corrected chi connectivity index (χ0v) is 5.69. The van der Waals surface area contributed by atoms with Gasteiger partial charge in [-0.1, -0.05) is 26.0 Å². The maximum atomic E-state index is 12.0. The first-order valence-corrected chi connectivity index (χ1v) is 2.95. The van der Waals surface area contributed by atoms with Gasteiger partial charge in [-0.2, -0.15) is 0 Å². The molecule has 0 saturated heterocycles. The number of hydrogen-bond acceptors (Lipinski definition) is 0. The van der Waals surface area contributed by atoms with Crippen molar-refractivity contribution in [2.45, 2.75) is 26.9 Å². The van der Waals surface area contributed by atoms with Crippen LogP contribution in [0, 0.1) is 5.92 Å². The SMILES string of the molecule is CC(C)/C=C/C(C)F. The Morgan fingerprint density at radius 2 is 1.62 bits per heavy atom. The fourth-order valence-corrected chi connectivity index (χ4v) is 0.375. The summed E-state index contributed by atoms with van der Waals surface area (Å²) < 4.78 is 12.0. The van der Waals surface area contributed by atoms with Crippen molar-refractivity contribution >= 4 is 0 Å². The van der Waals surface area contributed by atoms with E-state index in [1.54, 1.807) is 6.08 Å². The van der Waals surface area contributed by atoms with Crippen molar-refractivity contribution < 1.29 is 4.39 Å². The summed E-state index contributed by atoms with van der Waals surface area (Å²) in [6.45, 7) is 5.58. The summed E-state index contributed by atoms with van der Waals surface area (Å²) in [5.74, 6) is 0.466. The van der Waals surface area contributed by atoms with Crippen LogP contribution in [0.15, 0.2) is 12.2 Å². The summed E-state index contributed by atoms with van der Waals surface area (Å²) in [7, 11) is 0. The van der Waals surface area contributed by atoms with E-state index >= 15 is 0 Å². The third kappa shape index (κ3) is 5.67. The molecule has 8 heavy (non-hydrogen) atoms. The van der Waals surface area contributed by atoms with Crippen LogP contribution in [0.2, 0.25) is 0 Å². The molecule has 0 aromatic carbocycles. The summed E-state index contributed by atoms with van der Waals surface area (Å²) in [6, 6.07) is 0. The second kappa shape index (κ2) is 3.65. The summed E-state index contributed by atoms with van der Waals surface area (Å²) in [6.07, 6.45) is 2.65. The van der Waals surface area contributed by atoms with Gasteiger partial charge in [0.1, 0.15) is 6.17 Å². The Hall–Kier alpha value is -0.330. The molecule has 0 aromatic rings. The highest BCUT2D eigenvalue weighted by atomic mass is 19.1. The van der Waals surface area contributed by atoms with Crippen molar-refractivity contribution in [2.24, 2.45) is 5.92 Å². The van der Waals surface area contributed by atoms with Crippen LogP contribution in [0.4, 0.5) is 4.39 Å². The highest BCUT2D eigenvalue weighted by molar-refractivity contribution is 4.88. The molecule has 1 atom stereocenters. The van der Waals surface area contributed by atoms with E-state index in [1.165, 1.54) is 6.92 Å². The van der Waals surface area contributed by atoms with Crippen LogP contribution in [0.3, 0.4) is 0 Å². The van der Waals surface area contributed by atoms with Crippen LogP contribution in [-0.4, -0.2) is 6.17 Å². The number of allylic oxidation sites excluding steroid dienone is 2. The first kappa shape index (κ1) is 7.67. The molecule has 0 saturated carbocycles. The molecule has 0 heterocycles. The zero-order valence-electron chi connectivity index (χ0n) is 5.69. The number of halogens is 1. The van der Waals surface area contributed by atoms with Crippen molar-refractivity contribution in [1.82, 2.24) is 0 Å². The van der Waals surface area contributed by atoms with Gasteiger partial charge in [-0.25, -0.2) is 4.39 Å². The fraction of sp³-hybridized carbons (Fsp3) is 0.714. The van der Waals surface area contributed by atoms with Crippen molar-refractivity contribution in [3.05, 3.63) is 12.2 Å². The summed E-state index contributed by atoms with van der Waals surface area (Å²) in [5.41, 5.74) is 0.